The van der Waals surface area contributed by atoms with Gasteiger partial charge in [-0.1, -0.05) is 18.2 Å². The Morgan fingerprint density at radius 2 is 1.95 bits per heavy atom. The van der Waals surface area contributed by atoms with Crippen LogP contribution in [0.4, 0.5) is 5.69 Å². The van der Waals surface area contributed by atoms with Gasteiger partial charge in [-0.05, 0) is 31.5 Å². The summed E-state index contributed by atoms with van der Waals surface area (Å²) in [6.07, 6.45) is 0. The predicted molar refractivity (Wildman–Crippen MR) is 78.9 cm³/mol. The Kier molecular flexibility index (Phi) is 3.93. The second-order valence-electron chi connectivity index (χ2n) is 4.26. The molecule has 102 valence electrons. The molecule has 0 aliphatic heterocycles. The molecule has 19 heavy (non-hydrogen) atoms. The van der Waals surface area contributed by atoms with Gasteiger partial charge in [0.05, 0.1) is 5.69 Å². The Hall–Kier alpha value is -1.37. The summed E-state index contributed by atoms with van der Waals surface area (Å²) in [7, 11) is -3.55. The number of hydrogen-bond donors (Lipinski definition) is 2. The highest BCUT2D eigenvalue weighted by atomic mass is 32.2. The van der Waals surface area contributed by atoms with Gasteiger partial charge in [-0.3, -0.25) is 4.72 Å². The molecule has 2 rings (SSSR count). The normalized spacial score (nSPS) is 11.5. The molecule has 4 nitrogen and oxygen atoms in total. The molecule has 0 saturated carbocycles. The van der Waals surface area contributed by atoms with Gasteiger partial charge >= 0.3 is 0 Å². The fraction of sp³-hybridized carbons (Fsp3) is 0.231. The van der Waals surface area contributed by atoms with Gasteiger partial charge < -0.3 is 5.73 Å². The lowest BCUT2D eigenvalue weighted by atomic mass is 10.2. The smallest absolute Gasteiger partial charge is 0.263 e. The van der Waals surface area contributed by atoms with Crippen molar-refractivity contribution in [2.45, 2.75) is 25.3 Å². The SMILES string of the molecule is Cc1ccccc1NS(=O)(=O)c1cc(CN)sc1C. The minimum atomic E-state index is -3.55. The molecular formula is C13H16N2O2S2. The van der Waals surface area contributed by atoms with E-state index in [-0.39, 0.29) is 0 Å². The second-order valence-corrected chi connectivity index (χ2v) is 7.25. The zero-order valence-corrected chi connectivity index (χ0v) is 12.4. The number of hydrogen-bond acceptors (Lipinski definition) is 4. The largest absolute Gasteiger partial charge is 0.326 e. The van der Waals surface area contributed by atoms with Crippen molar-refractivity contribution < 1.29 is 8.42 Å². The molecular weight excluding hydrogens is 280 g/mol. The van der Waals surface area contributed by atoms with E-state index in [2.05, 4.69) is 4.72 Å². The topological polar surface area (TPSA) is 72.2 Å². The zero-order chi connectivity index (χ0) is 14.0. The average molecular weight is 296 g/mol. The Balaban J connectivity index is 2.38. The predicted octanol–water partition coefficient (Wildman–Crippen LogP) is 2.62. The molecule has 0 amide bonds. The molecule has 0 unspecified atom stereocenters. The van der Waals surface area contributed by atoms with Crippen molar-refractivity contribution >= 4 is 27.0 Å². The molecule has 1 aromatic heterocycles. The first-order valence-corrected chi connectivity index (χ1v) is 8.12. The molecule has 0 fully saturated rings. The lowest BCUT2D eigenvalue weighted by Crippen LogP contribution is -2.13. The number of nitrogens with two attached hydrogens (primary N) is 1. The molecule has 0 aliphatic carbocycles. The Morgan fingerprint density at radius 3 is 2.53 bits per heavy atom. The van der Waals surface area contributed by atoms with E-state index < -0.39 is 10.0 Å². The summed E-state index contributed by atoms with van der Waals surface area (Å²) in [5, 5.41) is 0. The molecule has 1 aromatic carbocycles. The molecule has 6 heteroatoms. The van der Waals surface area contributed by atoms with Crippen LogP contribution >= 0.6 is 11.3 Å². The Bertz CT molecular complexity index is 690. The van der Waals surface area contributed by atoms with Crippen molar-refractivity contribution in [1.82, 2.24) is 0 Å². The molecule has 0 saturated heterocycles. The minimum Gasteiger partial charge on any atom is -0.326 e. The highest BCUT2D eigenvalue weighted by Gasteiger charge is 2.20. The fourth-order valence-electron chi connectivity index (χ4n) is 1.78. The summed E-state index contributed by atoms with van der Waals surface area (Å²) in [5.41, 5.74) is 7.03. The van der Waals surface area contributed by atoms with Crippen LogP contribution in [0.1, 0.15) is 15.3 Å². The Morgan fingerprint density at radius 1 is 1.26 bits per heavy atom. The average Bonchev–Trinajstić information content (AvgIpc) is 2.74. The van der Waals surface area contributed by atoms with Gasteiger partial charge in [0.1, 0.15) is 4.90 Å². The fourth-order valence-corrected chi connectivity index (χ4v) is 4.42. The third kappa shape index (κ3) is 2.97. The molecule has 1 heterocycles. The maximum absolute atomic E-state index is 12.4. The standard InChI is InChI=1S/C13H16N2O2S2/c1-9-5-3-4-6-12(9)15-19(16,17)13-7-11(8-14)18-10(13)2/h3-7,15H,8,14H2,1-2H3. The van der Waals surface area contributed by atoms with Gasteiger partial charge in [-0.25, -0.2) is 8.42 Å². The van der Waals surface area contributed by atoms with Crippen LogP contribution in [0.15, 0.2) is 35.2 Å². The molecule has 0 aliphatic rings. The van der Waals surface area contributed by atoms with E-state index in [9.17, 15) is 8.42 Å². The highest BCUT2D eigenvalue weighted by molar-refractivity contribution is 7.93. The first-order chi connectivity index (χ1) is 8.94. The third-order valence-electron chi connectivity index (χ3n) is 2.80. The van der Waals surface area contributed by atoms with Gasteiger partial charge in [-0.15, -0.1) is 11.3 Å². The number of para-hydroxylation sites is 1. The molecule has 2 aromatic rings. The van der Waals surface area contributed by atoms with Crippen LogP contribution in [-0.2, 0) is 16.6 Å². The zero-order valence-electron chi connectivity index (χ0n) is 10.8. The number of thiophene rings is 1. The van der Waals surface area contributed by atoms with Crippen LogP contribution in [0, 0.1) is 13.8 Å². The Labute approximate surface area is 117 Å². The maximum Gasteiger partial charge on any atom is 0.263 e. The monoisotopic (exact) mass is 296 g/mol. The van der Waals surface area contributed by atoms with Gasteiger partial charge in [0.2, 0.25) is 0 Å². The lowest BCUT2D eigenvalue weighted by Gasteiger charge is -2.09. The van der Waals surface area contributed by atoms with Crippen molar-refractivity contribution in [3.05, 3.63) is 45.6 Å². The lowest BCUT2D eigenvalue weighted by molar-refractivity contribution is 0.601. The molecule has 0 bridgehead atoms. The first kappa shape index (κ1) is 14.0. The summed E-state index contributed by atoms with van der Waals surface area (Å²) < 4.78 is 27.3. The summed E-state index contributed by atoms with van der Waals surface area (Å²) in [6, 6.07) is 8.93. The van der Waals surface area contributed by atoms with Crippen molar-refractivity contribution in [3.63, 3.8) is 0 Å². The van der Waals surface area contributed by atoms with Crippen LogP contribution in [-0.4, -0.2) is 8.42 Å². The number of aryl methyl sites for hydroxylation is 2. The number of nitrogens with one attached hydrogen (secondary N) is 1. The van der Waals surface area contributed by atoms with Crippen LogP contribution in [0.25, 0.3) is 0 Å². The van der Waals surface area contributed by atoms with E-state index in [0.717, 1.165) is 15.3 Å². The number of sulfonamides is 1. The number of benzene rings is 1. The van der Waals surface area contributed by atoms with Crippen molar-refractivity contribution in [2.75, 3.05) is 4.72 Å². The third-order valence-corrected chi connectivity index (χ3v) is 5.50. The van der Waals surface area contributed by atoms with Crippen LogP contribution < -0.4 is 10.5 Å². The summed E-state index contributed by atoms with van der Waals surface area (Å²) in [4.78, 5) is 1.92. The number of rotatable bonds is 4. The van der Waals surface area contributed by atoms with Crippen LogP contribution in [0.3, 0.4) is 0 Å². The van der Waals surface area contributed by atoms with Crippen LogP contribution in [0.5, 0.6) is 0 Å². The van der Waals surface area contributed by atoms with E-state index >= 15 is 0 Å². The van der Waals surface area contributed by atoms with E-state index in [1.165, 1.54) is 11.3 Å². The van der Waals surface area contributed by atoms with Crippen molar-refractivity contribution in [2.24, 2.45) is 5.73 Å². The first-order valence-electron chi connectivity index (χ1n) is 5.82. The van der Waals surface area contributed by atoms with Gasteiger partial charge in [0, 0.05) is 16.3 Å². The van der Waals surface area contributed by atoms with E-state index in [4.69, 9.17) is 5.73 Å². The molecule has 0 radical (unpaired) electrons. The van der Waals surface area contributed by atoms with E-state index in [1.54, 1.807) is 25.1 Å². The minimum absolute atomic E-state index is 0.307. The summed E-state index contributed by atoms with van der Waals surface area (Å²) in [6.45, 7) is 4.01. The van der Waals surface area contributed by atoms with Gasteiger partial charge in [0.15, 0.2) is 0 Å². The van der Waals surface area contributed by atoms with Crippen molar-refractivity contribution in [1.29, 1.82) is 0 Å². The van der Waals surface area contributed by atoms with Crippen molar-refractivity contribution in [3.8, 4) is 0 Å². The molecule has 0 atom stereocenters. The maximum atomic E-state index is 12.4. The van der Waals surface area contributed by atoms with Gasteiger partial charge in [-0.2, -0.15) is 0 Å². The number of anilines is 1. The molecule has 3 N–H and O–H groups in total. The highest BCUT2D eigenvalue weighted by Crippen LogP contribution is 2.27. The van der Waals surface area contributed by atoms with Gasteiger partial charge in [0.25, 0.3) is 10.0 Å². The van der Waals surface area contributed by atoms with E-state index in [0.29, 0.717) is 17.1 Å². The molecule has 0 spiro atoms. The second kappa shape index (κ2) is 5.32. The summed E-state index contributed by atoms with van der Waals surface area (Å²) >= 11 is 1.41. The quantitative estimate of drug-likeness (QED) is 0.911. The summed E-state index contributed by atoms with van der Waals surface area (Å²) in [5.74, 6) is 0. The van der Waals surface area contributed by atoms with E-state index in [1.807, 2.05) is 19.1 Å². The van der Waals surface area contributed by atoms with Crippen LogP contribution in [0.2, 0.25) is 0 Å².